The molecule has 2 amide bonds. The van der Waals surface area contributed by atoms with E-state index in [0.717, 1.165) is 72.1 Å². The minimum atomic E-state index is -4.51. The van der Waals surface area contributed by atoms with E-state index in [1.165, 1.54) is 63.5 Å². The minimum absolute atomic E-state index is 0.0263. The summed E-state index contributed by atoms with van der Waals surface area (Å²) in [6.45, 7) is 5.44. The van der Waals surface area contributed by atoms with Gasteiger partial charge in [0.25, 0.3) is 0 Å². The Morgan fingerprint density at radius 3 is 1.35 bits per heavy atom. The van der Waals surface area contributed by atoms with Crippen LogP contribution in [0.3, 0.4) is 0 Å². The molecule has 22 heteroatoms. The van der Waals surface area contributed by atoms with Crippen LogP contribution in [0.2, 0.25) is 0 Å². The van der Waals surface area contributed by atoms with Gasteiger partial charge in [-0.1, -0.05) is 295 Å². The van der Waals surface area contributed by atoms with E-state index in [9.17, 15) is 18.0 Å². The molecule has 2 fully saturated rings. The zero-order valence-electron chi connectivity index (χ0n) is 58.2. The van der Waals surface area contributed by atoms with Gasteiger partial charge in [0.2, 0.25) is 9.70 Å². The molecule has 0 unspecified atom stereocenters. The third kappa shape index (κ3) is 29.9. The second kappa shape index (κ2) is 45.4. The van der Waals surface area contributed by atoms with Crippen molar-refractivity contribution in [3.05, 3.63) is 228 Å². The summed E-state index contributed by atoms with van der Waals surface area (Å²) in [5, 5.41) is 6.15. The second-order valence-corrected chi connectivity index (χ2v) is 28.2. The van der Waals surface area contributed by atoms with Gasteiger partial charge in [-0.15, -0.1) is 6.58 Å². The molecule has 8 rings (SSSR count). The third-order valence-corrected chi connectivity index (χ3v) is 17.9. The molecule has 0 bridgehead atoms. The molecule has 0 saturated carbocycles. The van der Waals surface area contributed by atoms with Crippen molar-refractivity contribution in [2.75, 3.05) is 33.2 Å². The van der Waals surface area contributed by atoms with Crippen LogP contribution in [-0.4, -0.2) is 116 Å². The van der Waals surface area contributed by atoms with Crippen molar-refractivity contribution in [2.45, 2.75) is 220 Å². The van der Waals surface area contributed by atoms with Crippen molar-refractivity contribution in [3.63, 3.8) is 0 Å². The molecule has 2 aliphatic rings. The minimum Gasteiger partial charge on any atom is -0.445 e. The van der Waals surface area contributed by atoms with E-state index in [1.807, 2.05) is 152 Å². The van der Waals surface area contributed by atoms with Crippen molar-refractivity contribution >= 4 is 46.8 Å². The lowest BCUT2D eigenvalue weighted by Gasteiger charge is -2.48. The Labute approximate surface area is 614 Å². The maximum atomic E-state index is 15.0. The Balaban J connectivity index is 1.10. The number of nitrogens with one attached hydrogen (secondary N) is 2. The number of hydrogen-bond acceptors (Lipinski definition) is 14. The van der Waals surface area contributed by atoms with Crippen LogP contribution in [0.15, 0.2) is 189 Å². The number of carbonyl (C=O) groups excluding carboxylic acids is 2. The van der Waals surface area contributed by atoms with Crippen LogP contribution < -0.4 is 10.6 Å². The fourth-order valence-corrected chi connectivity index (χ4v) is 12.4. The predicted octanol–water partition coefficient (Wildman–Crippen LogP) is 17.6. The first-order valence-corrected chi connectivity index (χ1v) is 36.8. The number of hydrogen-bond donors (Lipinski definition) is 2. The van der Waals surface area contributed by atoms with Gasteiger partial charge in [-0.2, -0.15) is 13.2 Å². The third-order valence-electron chi connectivity index (χ3n) is 17.6. The van der Waals surface area contributed by atoms with Gasteiger partial charge >= 0.3 is 12.3 Å². The molecule has 6 aromatic rings. The number of alkyl halides is 6. The number of benzene rings is 6. The average Bonchev–Trinajstić information content (AvgIpc) is 0.783. The number of ether oxygens (including phenoxy) is 12. The van der Waals surface area contributed by atoms with Crippen LogP contribution in [0, 0.1) is 0 Å². The quantitative estimate of drug-likeness (QED) is 0.0160. The van der Waals surface area contributed by atoms with Crippen LogP contribution in [0.25, 0.3) is 0 Å². The molecular weight excluding hydrogens is 1380 g/mol. The molecule has 2 N–H and O–H groups in total. The van der Waals surface area contributed by atoms with Crippen LogP contribution in [0.1, 0.15) is 142 Å². The lowest BCUT2D eigenvalue weighted by Crippen LogP contribution is -2.68. The summed E-state index contributed by atoms with van der Waals surface area (Å²) in [5.41, 5.74) is 3.98. The van der Waals surface area contributed by atoms with Crippen molar-refractivity contribution in [1.29, 1.82) is 0 Å². The summed E-state index contributed by atoms with van der Waals surface area (Å²) >= 11 is 18.4. The van der Waals surface area contributed by atoms with Crippen molar-refractivity contribution < 1.29 is 79.6 Å². The zero-order chi connectivity index (χ0) is 72.0. The topological polar surface area (TPSA) is 169 Å². The molecule has 11 atom stereocenters. The number of amides is 2. The number of rotatable bonds is 46. The molecular formula is C80H100Cl3F3N2O14. The maximum absolute atomic E-state index is 15.0. The smallest absolute Gasteiger partial charge is 0.416 e. The molecule has 0 aromatic heterocycles. The van der Waals surface area contributed by atoms with Crippen LogP contribution in [-0.2, 0) is 107 Å². The summed E-state index contributed by atoms with van der Waals surface area (Å²) in [7, 11) is 0. The molecule has 6 aromatic carbocycles. The molecule has 0 spiro atoms. The highest BCUT2D eigenvalue weighted by molar-refractivity contribution is 6.67. The highest BCUT2D eigenvalue weighted by Gasteiger charge is 2.53. The van der Waals surface area contributed by atoms with Crippen molar-refractivity contribution in [3.8, 4) is 0 Å². The summed E-state index contributed by atoms with van der Waals surface area (Å²) in [6, 6.07) is 50.3. The molecule has 2 saturated heterocycles. The summed E-state index contributed by atoms with van der Waals surface area (Å²) in [5.74, 6) is -0.428. The second-order valence-electron chi connectivity index (χ2n) is 25.7. The number of carbonyl (C=O) groups is 2. The van der Waals surface area contributed by atoms with Gasteiger partial charge in [0.1, 0.15) is 62.1 Å². The van der Waals surface area contributed by atoms with E-state index in [1.54, 1.807) is 6.08 Å². The Hall–Kier alpha value is -5.98. The SMILES string of the molecule is C=CCO[C@H]1O[C@H](CO[C@@H]2O[C@H](COCOCc3ccccc3)[C@@H](OCc3ccccc3)[C@H](OCc3ccccc3)[C@H]2NC(=O)OCC(Cl)(Cl)Cl)[C@@H](OCc2ccccc2)[C@H](OCc2ccccc2)[C@H]1NC(=O)C[C@@H](CCCCCCCCCCCCCCC)OCc1ccc(C(F)(F)F)cc1. The fraction of sp³-hybridized carbons (Fsp3) is 0.500. The first-order chi connectivity index (χ1) is 49.6. The van der Waals surface area contributed by atoms with E-state index < -0.39 is 102 Å². The Morgan fingerprint density at radius 1 is 0.490 bits per heavy atom. The Kier molecular flexibility index (Phi) is 36.4. The van der Waals surface area contributed by atoms with Crippen LogP contribution >= 0.6 is 34.8 Å². The zero-order valence-corrected chi connectivity index (χ0v) is 60.5. The van der Waals surface area contributed by atoms with E-state index in [-0.39, 0.29) is 72.7 Å². The number of alkyl carbamates (subject to hydrolysis) is 1. The van der Waals surface area contributed by atoms with E-state index in [4.69, 9.17) is 91.6 Å². The molecule has 2 heterocycles. The largest absolute Gasteiger partial charge is 0.445 e. The standard InChI is InChI=1S/C80H100Cl3F3N2O14/c1-3-5-6-7-8-9-10-11-12-13-14-15-31-42-66(94-50-64-43-45-65(46-44-64)80(84,85)86)48-69(89)87-70-74(97-53-62-38-27-19-28-39-62)73(96-52-61-36-25-18-26-37-61)68(102-76(70)93-47-4-2)56-99-77-71(88-78(90)100-57-79(81,82)83)75(98-54-63-40-29-20-30-41-63)72(95-51-60-34-23-17-24-35-60)67(101-77)55-92-58-91-49-59-32-21-16-22-33-59/h4,16-30,32-41,43-46,66-68,70-77H,2-3,5-15,31,42,47-58H2,1H3,(H,87,89)(H,88,90)/t66-,67-,68-,70-,71-,72-,73-,74-,75-,76+,77-/m1/s1. The van der Waals surface area contributed by atoms with Gasteiger partial charge in [-0.3, -0.25) is 4.79 Å². The average molecular weight is 1480 g/mol. The normalized spacial score (nSPS) is 21.1. The summed E-state index contributed by atoms with van der Waals surface area (Å²) in [4.78, 5) is 29.2. The molecule has 102 heavy (non-hydrogen) atoms. The van der Waals surface area contributed by atoms with Crippen molar-refractivity contribution in [1.82, 2.24) is 10.6 Å². The number of halogens is 6. The van der Waals surface area contributed by atoms with E-state index in [2.05, 4.69) is 24.1 Å². The number of unbranched alkanes of at least 4 members (excludes halogenated alkanes) is 12. The highest BCUT2D eigenvalue weighted by atomic mass is 35.6. The van der Waals surface area contributed by atoms with Crippen molar-refractivity contribution in [2.24, 2.45) is 0 Å². The van der Waals surface area contributed by atoms with Gasteiger partial charge < -0.3 is 67.5 Å². The molecule has 556 valence electrons. The first kappa shape index (κ1) is 81.7. The molecule has 16 nitrogen and oxygen atoms in total. The molecule has 0 radical (unpaired) electrons. The fourth-order valence-electron chi connectivity index (χ4n) is 12.3. The van der Waals surface area contributed by atoms with Gasteiger partial charge in [0.15, 0.2) is 12.6 Å². The first-order valence-electron chi connectivity index (χ1n) is 35.7. The Morgan fingerprint density at radius 2 is 0.902 bits per heavy atom. The van der Waals surface area contributed by atoms with Crippen LogP contribution in [0.4, 0.5) is 18.0 Å². The van der Waals surface area contributed by atoms with Gasteiger partial charge in [-0.25, -0.2) is 4.79 Å². The van der Waals surface area contributed by atoms with Crippen LogP contribution in [0.5, 0.6) is 0 Å². The van der Waals surface area contributed by atoms with Gasteiger partial charge in [0, 0.05) is 0 Å². The lowest BCUT2D eigenvalue weighted by molar-refractivity contribution is -0.319. The summed E-state index contributed by atoms with van der Waals surface area (Å²) < 4.78 is 119. The van der Waals surface area contributed by atoms with Gasteiger partial charge in [0.05, 0.1) is 77.6 Å². The Bertz CT molecular complexity index is 3250. The highest BCUT2D eigenvalue weighted by Crippen LogP contribution is 2.35. The lowest BCUT2D eigenvalue weighted by atomic mass is 9.94. The maximum Gasteiger partial charge on any atom is 0.416 e. The van der Waals surface area contributed by atoms with E-state index in [0.29, 0.717) is 12.0 Å². The predicted molar refractivity (Wildman–Crippen MR) is 387 cm³/mol. The molecule has 2 aliphatic heterocycles. The summed E-state index contributed by atoms with van der Waals surface area (Å²) in [6.07, 6.45) is 1.97. The monoisotopic (exact) mass is 1470 g/mol. The van der Waals surface area contributed by atoms with E-state index >= 15 is 4.79 Å². The van der Waals surface area contributed by atoms with Gasteiger partial charge in [-0.05, 0) is 51.9 Å². The molecule has 0 aliphatic carbocycles.